The number of nitrogens with zero attached hydrogens (tertiary/aromatic N) is 2. The number of hydrogen-bond donors (Lipinski definition) is 2. The summed E-state index contributed by atoms with van der Waals surface area (Å²) in [5.74, 6) is 5.74. The number of aromatic nitrogens is 2. The standard InChI is InChI=1S/C16H16N4/c17-20-15(11-13-7-1-2-9-18-13)14-8-3-5-12-6-4-10-19-16(12)14/h1-10,15,20H,11,17H2. The Labute approximate surface area is 117 Å². The van der Waals surface area contributed by atoms with Crippen LogP contribution in [0.2, 0.25) is 0 Å². The molecule has 1 atom stereocenters. The molecule has 3 N–H and O–H groups in total. The lowest BCUT2D eigenvalue weighted by Crippen LogP contribution is -2.30. The average Bonchev–Trinajstić information content (AvgIpc) is 2.53. The normalized spacial score (nSPS) is 12.4. The van der Waals surface area contributed by atoms with Crippen molar-refractivity contribution in [3.05, 3.63) is 72.2 Å². The van der Waals surface area contributed by atoms with Crippen LogP contribution >= 0.6 is 0 Å². The van der Waals surface area contributed by atoms with Gasteiger partial charge in [0.25, 0.3) is 0 Å². The van der Waals surface area contributed by atoms with E-state index in [4.69, 9.17) is 5.84 Å². The van der Waals surface area contributed by atoms with Gasteiger partial charge in [0.05, 0.1) is 11.6 Å². The van der Waals surface area contributed by atoms with E-state index in [1.807, 2.05) is 30.3 Å². The topological polar surface area (TPSA) is 63.8 Å². The summed E-state index contributed by atoms with van der Waals surface area (Å²) in [6, 6.07) is 16.0. The monoisotopic (exact) mass is 264 g/mol. The second-order valence-corrected chi connectivity index (χ2v) is 4.67. The number of hydrazine groups is 1. The first kappa shape index (κ1) is 12.7. The third-order valence-electron chi connectivity index (χ3n) is 3.38. The first-order valence-corrected chi connectivity index (χ1v) is 6.58. The molecule has 0 saturated heterocycles. The van der Waals surface area contributed by atoms with Crippen LogP contribution in [-0.2, 0) is 6.42 Å². The fourth-order valence-electron chi connectivity index (χ4n) is 2.40. The minimum absolute atomic E-state index is 0.0106. The molecule has 0 amide bonds. The van der Waals surface area contributed by atoms with Gasteiger partial charge in [-0.25, -0.2) is 0 Å². The van der Waals surface area contributed by atoms with E-state index in [1.54, 1.807) is 12.4 Å². The van der Waals surface area contributed by atoms with Crippen molar-refractivity contribution in [2.45, 2.75) is 12.5 Å². The Kier molecular flexibility index (Phi) is 3.67. The molecular formula is C16H16N4. The second-order valence-electron chi connectivity index (χ2n) is 4.67. The fraction of sp³-hybridized carbons (Fsp3) is 0.125. The van der Waals surface area contributed by atoms with Crippen molar-refractivity contribution in [2.24, 2.45) is 5.84 Å². The summed E-state index contributed by atoms with van der Waals surface area (Å²) < 4.78 is 0. The van der Waals surface area contributed by atoms with Crippen LogP contribution in [0, 0.1) is 0 Å². The molecule has 1 unspecified atom stereocenters. The van der Waals surface area contributed by atoms with Gasteiger partial charge in [0.15, 0.2) is 0 Å². The predicted molar refractivity (Wildman–Crippen MR) is 79.7 cm³/mol. The maximum absolute atomic E-state index is 5.74. The molecule has 0 saturated carbocycles. The Bertz CT molecular complexity index is 692. The molecule has 4 heteroatoms. The van der Waals surface area contributed by atoms with Crippen molar-refractivity contribution < 1.29 is 0 Å². The molecule has 0 spiro atoms. The summed E-state index contributed by atoms with van der Waals surface area (Å²) >= 11 is 0. The Morgan fingerprint density at radius 3 is 2.60 bits per heavy atom. The fourth-order valence-corrected chi connectivity index (χ4v) is 2.40. The van der Waals surface area contributed by atoms with Gasteiger partial charge < -0.3 is 0 Å². The van der Waals surface area contributed by atoms with Crippen LogP contribution in [0.25, 0.3) is 10.9 Å². The highest BCUT2D eigenvalue weighted by Gasteiger charge is 2.14. The maximum atomic E-state index is 5.74. The highest BCUT2D eigenvalue weighted by molar-refractivity contribution is 5.82. The number of fused-ring (bicyclic) bond motifs is 1. The molecule has 0 bridgehead atoms. The van der Waals surface area contributed by atoms with E-state index in [0.717, 1.165) is 28.6 Å². The van der Waals surface area contributed by atoms with Gasteiger partial charge in [0.2, 0.25) is 0 Å². The molecule has 3 aromatic rings. The molecule has 0 aliphatic heterocycles. The third-order valence-corrected chi connectivity index (χ3v) is 3.38. The minimum atomic E-state index is -0.0106. The van der Waals surface area contributed by atoms with E-state index in [2.05, 4.69) is 33.6 Å². The van der Waals surface area contributed by atoms with E-state index in [0.29, 0.717) is 0 Å². The van der Waals surface area contributed by atoms with Crippen LogP contribution in [0.4, 0.5) is 0 Å². The summed E-state index contributed by atoms with van der Waals surface area (Å²) in [7, 11) is 0. The molecule has 4 nitrogen and oxygen atoms in total. The van der Waals surface area contributed by atoms with E-state index in [-0.39, 0.29) is 6.04 Å². The largest absolute Gasteiger partial charge is 0.271 e. The summed E-state index contributed by atoms with van der Waals surface area (Å²) in [5, 5.41) is 1.12. The zero-order valence-electron chi connectivity index (χ0n) is 11.0. The molecule has 20 heavy (non-hydrogen) atoms. The lowest BCUT2D eigenvalue weighted by atomic mass is 9.99. The average molecular weight is 264 g/mol. The number of pyridine rings is 2. The minimum Gasteiger partial charge on any atom is -0.271 e. The maximum Gasteiger partial charge on any atom is 0.0750 e. The van der Waals surface area contributed by atoms with Crippen LogP contribution in [0.3, 0.4) is 0 Å². The summed E-state index contributed by atoms with van der Waals surface area (Å²) in [6.45, 7) is 0. The first-order chi connectivity index (χ1) is 9.88. The number of para-hydroxylation sites is 1. The quantitative estimate of drug-likeness (QED) is 0.561. The Hall–Kier alpha value is -2.30. The molecule has 0 radical (unpaired) electrons. The van der Waals surface area contributed by atoms with Gasteiger partial charge in [-0.05, 0) is 23.8 Å². The zero-order chi connectivity index (χ0) is 13.8. The Morgan fingerprint density at radius 2 is 1.80 bits per heavy atom. The first-order valence-electron chi connectivity index (χ1n) is 6.58. The molecule has 0 fully saturated rings. The number of nitrogens with one attached hydrogen (secondary N) is 1. The van der Waals surface area contributed by atoms with Crippen LogP contribution in [-0.4, -0.2) is 9.97 Å². The number of hydrogen-bond acceptors (Lipinski definition) is 4. The highest BCUT2D eigenvalue weighted by atomic mass is 15.2. The SMILES string of the molecule is NNC(Cc1ccccn1)c1cccc2cccnc12. The van der Waals surface area contributed by atoms with Gasteiger partial charge in [-0.1, -0.05) is 30.3 Å². The van der Waals surface area contributed by atoms with Crippen LogP contribution in [0.15, 0.2) is 60.9 Å². The lowest BCUT2D eigenvalue weighted by Gasteiger charge is -2.17. The zero-order valence-corrected chi connectivity index (χ0v) is 11.0. The molecule has 0 aliphatic rings. The van der Waals surface area contributed by atoms with Crippen molar-refractivity contribution in [1.29, 1.82) is 0 Å². The van der Waals surface area contributed by atoms with E-state index in [1.165, 1.54) is 0 Å². The number of nitrogens with two attached hydrogens (primary N) is 1. The molecule has 0 aliphatic carbocycles. The predicted octanol–water partition coefficient (Wildman–Crippen LogP) is 2.38. The molecule has 3 rings (SSSR count). The van der Waals surface area contributed by atoms with E-state index < -0.39 is 0 Å². The molecular weight excluding hydrogens is 248 g/mol. The highest BCUT2D eigenvalue weighted by Crippen LogP contribution is 2.24. The van der Waals surface area contributed by atoms with Crippen molar-refractivity contribution in [3.8, 4) is 0 Å². The van der Waals surface area contributed by atoms with Crippen molar-refractivity contribution in [3.63, 3.8) is 0 Å². The second kappa shape index (κ2) is 5.77. The summed E-state index contributed by atoms with van der Waals surface area (Å²) in [4.78, 5) is 8.83. The Balaban J connectivity index is 1.99. The molecule has 2 heterocycles. The van der Waals surface area contributed by atoms with Crippen molar-refractivity contribution in [2.75, 3.05) is 0 Å². The van der Waals surface area contributed by atoms with Crippen LogP contribution in [0.1, 0.15) is 17.3 Å². The Morgan fingerprint density at radius 1 is 0.950 bits per heavy atom. The van der Waals surface area contributed by atoms with Gasteiger partial charge in [0.1, 0.15) is 0 Å². The van der Waals surface area contributed by atoms with Crippen LogP contribution < -0.4 is 11.3 Å². The summed E-state index contributed by atoms with van der Waals surface area (Å²) in [6.07, 6.45) is 4.33. The molecule has 1 aromatic carbocycles. The third kappa shape index (κ3) is 2.52. The smallest absolute Gasteiger partial charge is 0.0750 e. The van der Waals surface area contributed by atoms with Gasteiger partial charge in [0, 0.05) is 29.9 Å². The summed E-state index contributed by atoms with van der Waals surface area (Å²) in [5.41, 5.74) is 5.96. The van der Waals surface area contributed by atoms with Gasteiger partial charge >= 0.3 is 0 Å². The van der Waals surface area contributed by atoms with Gasteiger partial charge in [-0.15, -0.1) is 0 Å². The lowest BCUT2D eigenvalue weighted by molar-refractivity contribution is 0.549. The molecule has 2 aromatic heterocycles. The van der Waals surface area contributed by atoms with Gasteiger partial charge in [-0.2, -0.15) is 0 Å². The number of benzene rings is 1. The van der Waals surface area contributed by atoms with E-state index in [9.17, 15) is 0 Å². The van der Waals surface area contributed by atoms with Crippen molar-refractivity contribution >= 4 is 10.9 Å². The van der Waals surface area contributed by atoms with Gasteiger partial charge in [-0.3, -0.25) is 21.2 Å². The molecule has 100 valence electrons. The van der Waals surface area contributed by atoms with Crippen molar-refractivity contribution in [1.82, 2.24) is 15.4 Å². The number of rotatable bonds is 4. The van der Waals surface area contributed by atoms with E-state index >= 15 is 0 Å². The van der Waals surface area contributed by atoms with Crippen LogP contribution in [0.5, 0.6) is 0 Å².